The van der Waals surface area contributed by atoms with E-state index in [0.717, 1.165) is 12.1 Å². The van der Waals surface area contributed by atoms with E-state index in [4.69, 9.17) is 9.40 Å². The summed E-state index contributed by atoms with van der Waals surface area (Å²) in [5.41, 5.74) is 3.04. The highest BCUT2D eigenvalue weighted by Gasteiger charge is 2.23. The molecule has 32 heavy (non-hydrogen) atoms. The van der Waals surface area contributed by atoms with Crippen molar-refractivity contribution in [2.75, 3.05) is 16.8 Å². The number of furan rings is 1. The van der Waals surface area contributed by atoms with E-state index in [1.54, 1.807) is 34.2 Å². The Kier molecular flexibility index (Phi) is 4.97. The number of carbonyl (C=O) groups is 2. The normalized spacial score (nSPS) is 14.0. The predicted octanol–water partition coefficient (Wildman–Crippen LogP) is 4.65. The summed E-state index contributed by atoms with van der Waals surface area (Å²) < 4.78 is 7.31. The van der Waals surface area contributed by atoms with Gasteiger partial charge in [-0.2, -0.15) is 5.10 Å². The van der Waals surface area contributed by atoms with E-state index in [9.17, 15) is 9.59 Å². The van der Waals surface area contributed by atoms with E-state index in [1.807, 2.05) is 44.2 Å². The van der Waals surface area contributed by atoms with Crippen molar-refractivity contribution < 1.29 is 14.0 Å². The molecule has 1 N–H and O–H groups in total. The van der Waals surface area contributed by atoms with Crippen molar-refractivity contribution in [1.29, 1.82) is 0 Å². The highest BCUT2D eigenvalue weighted by Crippen LogP contribution is 2.28. The van der Waals surface area contributed by atoms with Crippen LogP contribution < -0.4 is 10.2 Å². The molecular weight excluding hydrogens is 406 g/mol. The number of fused-ring (bicyclic) bond motifs is 1. The number of benzene rings is 1. The summed E-state index contributed by atoms with van der Waals surface area (Å²) in [6.07, 6.45) is 4.65. The number of amides is 2. The second-order valence-corrected chi connectivity index (χ2v) is 8.11. The number of hydrogen-bond acceptors (Lipinski definition) is 5. The summed E-state index contributed by atoms with van der Waals surface area (Å²) in [5, 5.41) is 8.07. The molecule has 1 fully saturated rings. The maximum absolute atomic E-state index is 13.3. The Hall–Kier alpha value is -3.94. The van der Waals surface area contributed by atoms with E-state index in [2.05, 4.69) is 10.4 Å². The molecule has 162 valence electrons. The standard InChI is InChI=1S/C24H23N5O3/c1-15(2)29-23-19(14-25-29)18(13-20(27-23)21-8-5-11-32-21)24(31)26-16-6-3-7-17(12-16)28-10-4-9-22(28)30/h3,5-8,11-15H,4,9-10H2,1-2H3,(H,26,31). The third kappa shape index (κ3) is 3.53. The van der Waals surface area contributed by atoms with Gasteiger partial charge < -0.3 is 14.6 Å². The summed E-state index contributed by atoms with van der Waals surface area (Å²) in [7, 11) is 0. The van der Waals surface area contributed by atoms with Gasteiger partial charge in [0.25, 0.3) is 5.91 Å². The van der Waals surface area contributed by atoms with Crippen molar-refractivity contribution in [3.05, 3.63) is 60.5 Å². The first kappa shape index (κ1) is 20.0. The molecule has 1 saturated heterocycles. The topological polar surface area (TPSA) is 93.3 Å². The number of pyridine rings is 1. The monoisotopic (exact) mass is 429 g/mol. The summed E-state index contributed by atoms with van der Waals surface area (Å²) >= 11 is 0. The molecule has 8 heteroatoms. The van der Waals surface area contributed by atoms with Gasteiger partial charge in [0.1, 0.15) is 5.69 Å². The molecule has 0 saturated carbocycles. The third-order valence-corrected chi connectivity index (χ3v) is 5.56. The highest BCUT2D eigenvalue weighted by atomic mass is 16.3. The van der Waals surface area contributed by atoms with Gasteiger partial charge in [-0.05, 0) is 56.7 Å². The number of aromatic nitrogens is 3. The fourth-order valence-corrected chi connectivity index (χ4v) is 4.01. The van der Waals surface area contributed by atoms with Crippen molar-refractivity contribution in [3.63, 3.8) is 0 Å². The molecule has 4 aromatic rings. The Morgan fingerprint density at radius 2 is 2.06 bits per heavy atom. The van der Waals surface area contributed by atoms with Crippen molar-refractivity contribution in [2.24, 2.45) is 0 Å². The molecule has 1 aliphatic heterocycles. The van der Waals surface area contributed by atoms with Crippen LogP contribution in [0.5, 0.6) is 0 Å². The van der Waals surface area contributed by atoms with Gasteiger partial charge >= 0.3 is 0 Å². The maximum Gasteiger partial charge on any atom is 0.256 e. The molecule has 0 bridgehead atoms. The Balaban J connectivity index is 1.53. The molecule has 0 aliphatic carbocycles. The van der Waals surface area contributed by atoms with Crippen LogP contribution in [0, 0.1) is 0 Å². The van der Waals surface area contributed by atoms with Crippen LogP contribution in [0.15, 0.2) is 59.3 Å². The number of anilines is 2. The third-order valence-electron chi connectivity index (χ3n) is 5.56. The molecule has 1 aromatic carbocycles. The number of hydrogen-bond donors (Lipinski definition) is 1. The average molecular weight is 429 g/mol. The van der Waals surface area contributed by atoms with Crippen molar-refractivity contribution in [2.45, 2.75) is 32.7 Å². The van der Waals surface area contributed by atoms with Gasteiger partial charge in [0.15, 0.2) is 11.4 Å². The zero-order valence-electron chi connectivity index (χ0n) is 17.9. The largest absolute Gasteiger partial charge is 0.463 e. The minimum atomic E-state index is -0.279. The van der Waals surface area contributed by atoms with E-state index >= 15 is 0 Å². The van der Waals surface area contributed by atoms with Crippen LogP contribution in [0.1, 0.15) is 43.1 Å². The van der Waals surface area contributed by atoms with E-state index in [1.165, 1.54) is 0 Å². The van der Waals surface area contributed by atoms with Gasteiger partial charge in [0, 0.05) is 30.4 Å². The Labute approximate surface area is 184 Å². The maximum atomic E-state index is 13.3. The van der Waals surface area contributed by atoms with Gasteiger partial charge in [0.2, 0.25) is 5.91 Å². The molecule has 0 radical (unpaired) electrons. The molecule has 8 nitrogen and oxygen atoms in total. The quantitative estimate of drug-likeness (QED) is 0.498. The first-order chi connectivity index (χ1) is 15.5. The molecule has 0 spiro atoms. The highest BCUT2D eigenvalue weighted by molar-refractivity contribution is 6.12. The van der Waals surface area contributed by atoms with E-state index < -0.39 is 0 Å². The summed E-state index contributed by atoms with van der Waals surface area (Å²) in [4.78, 5) is 31.9. The van der Waals surface area contributed by atoms with Crippen molar-refractivity contribution >= 4 is 34.2 Å². The number of carbonyl (C=O) groups excluding carboxylic acids is 2. The SMILES string of the molecule is CC(C)n1ncc2c(C(=O)Nc3cccc(N4CCCC4=O)c3)cc(-c3ccco3)nc21. The minimum absolute atomic E-state index is 0.0810. The van der Waals surface area contributed by atoms with Crippen LogP contribution >= 0.6 is 0 Å². The van der Waals surface area contributed by atoms with E-state index in [-0.39, 0.29) is 17.9 Å². The van der Waals surface area contributed by atoms with Gasteiger partial charge in [-0.3, -0.25) is 9.59 Å². The fraction of sp³-hybridized carbons (Fsp3) is 0.250. The lowest BCUT2D eigenvalue weighted by Gasteiger charge is -2.17. The average Bonchev–Trinajstić information content (AvgIpc) is 3.53. The lowest BCUT2D eigenvalue weighted by Crippen LogP contribution is -2.23. The number of nitrogens with one attached hydrogen (secondary N) is 1. The summed E-state index contributed by atoms with van der Waals surface area (Å²) in [6, 6.07) is 12.7. The number of rotatable bonds is 5. The molecule has 2 amide bonds. The first-order valence-electron chi connectivity index (χ1n) is 10.6. The van der Waals surface area contributed by atoms with Crippen LogP contribution in [0.4, 0.5) is 11.4 Å². The molecule has 4 heterocycles. The van der Waals surface area contributed by atoms with Gasteiger partial charge in [-0.25, -0.2) is 9.67 Å². The van der Waals surface area contributed by atoms with Crippen molar-refractivity contribution in [1.82, 2.24) is 14.8 Å². The lowest BCUT2D eigenvalue weighted by molar-refractivity contribution is -0.117. The van der Waals surface area contributed by atoms with Gasteiger partial charge in [-0.15, -0.1) is 0 Å². The predicted molar refractivity (Wildman–Crippen MR) is 122 cm³/mol. The minimum Gasteiger partial charge on any atom is -0.463 e. The summed E-state index contributed by atoms with van der Waals surface area (Å²) in [5.74, 6) is 0.402. The molecule has 1 aliphatic rings. The Morgan fingerprint density at radius 3 is 2.78 bits per heavy atom. The fourth-order valence-electron chi connectivity index (χ4n) is 4.01. The molecule has 3 aromatic heterocycles. The summed E-state index contributed by atoms with van der Waals surface area (Å²) in [6.45, 7) is 4.72. The lowest BCUT2D eigenvalue weighted by atomic mass is 10.1. The first-order valence-corrected chi connectivity index (χ1v) is 10.6. The Bertz CT molecular complexity index is 1310. The van der Waals surface area contributed by atoms with Gasteiger partial charge in [0.05, 0.1) is 23.4 Å². The zero-order valence-corrected chi connectivity index (χ0v) is 17.9. The van der Waals surface area contributed by atoms with Crippen molar-refractivity contribution in [3.8, 4) is 11.5 Å². The van der Waals surface area contributed by atoms with Crippen LogP contribution in [0.25, 0.3) is 22.5 Å². The molecule has 5 rings (SSSR count). The molecular formula is C24H23N5O3. The second kappa shape index (κ2) is 7.96. The second-order valence-electron chi connectivity index (χ2n) is 8.11. The van der Waals surface area contributed by atoms with E-state index in [0.29, 0.717) is 46.7 Å². The van der Waals surface area contributed by atoms with Gasteiger partial charge in [-0.1, -0.05) is 6.07 Å². The smallest absolute Gasteiger partial charge is 0.256 e. The molecule has 0 atom stereocenters. The zero-order chi connectivity index (χ0) is 22.2. The van der Waals surface area contributed by atoms with Crippen LogP contribution in [-0.4, -0.2) is 33.1 Å². The number of nitrogens with zero attached hydrogens (tertiary/aromatic N) is 4. The Morgan fingerprint density at radius 1 is 1.19 bits per heavy atom. The molecule has 0 unspecified atom stereocenters. The van der Waals surface area contributed by atoms with Crippen LogP contribution in [-0.2, 0) is 4.79 Å². The van der Waals surface area contributed by atoms with Crippen LogP contribution in [0.3, 0.4) is 0 Å². The van der Waals surface area contributed by atoms with Crippen LogP contribution in [0.2, 0.25) is 0 Å².